The molecular formula is C17H35IN4O3S. The molecule has 2 rings (SSSR count). The molecule has 1 N–H and O–H groups in total. The Balaban J connectivity index is 0.00000338. The zero-order valence-corrected chi connectivity index (χ0v) is 19.5. The Hall–Kier alpha value is -0.130. The Labute approximate surface area is 176 Å². The summed E-state index contributed by atoms with van der Waals surface area (Å²) in [5.74, 6) is 2.15. The number of hydrogen-bond acceptors (Lipinski definition) is 4. The molecule has 2 aliphatic rings. The van der Waals surface area contributed by atoms with Gasteiger partial charge in [-0.25, -0.2) is 12.7 Å². The first-order valence-corrected chi connectivity index (χ1v) is 11.3. The van der Waals surface area contributed by atoms with E-state index in [2.05, 4.69) is 17.1 Å². The molecule has 1 aliphatic carbocycles. The second-order valence-corrected chi connectivity index (χ2v) is 9.22. The van der Waals surface area contributed by atoms with Crippen molar-refractivity contribution >= 4 is 40.0 Å². The summed E-state index contributed by atoms with van der Waals surface area (Å²) in [4.78, 5) is 6.87. The summed E-state index contributed by atoms with van der Waals surface area (Å²) < 4.78 is 30.4. The standard InChI is InChI=1S/C17H34N4O3S.HI/c1-4-18-17(20(2)11-12-24-14-16-5-6-16)19-13-15-7-9-21(10-8-15)25(3,22)23;/h15-16H,4-14H2,1-3H3,(H,18,19);1H. The first-order chi connectivity index (χ1) is 11.9. The minimum absolute atomic E-state index is 0. The van der Waals surface area contributed by atoms with Crippen molar-refractivity contribution in [2.75, 3.05) is 59.2 Å². The van der Waals surface area contributed by atoms with Crippen LogP contribution in [-0.4, -0.2) is 82.8 Å². The van der Waals surface area contributed by atoms with Crippen LogP contribution in [0, 0.1) is 11.8 Å². The number of piperidine rings is 1. The minimum Gasteiger partial charge on any atom is -0.379 e. The summed E-state index contributed by atoms with van der Waals surface area (Å²) in [6, 6.07) is 0. The number of guanidine groups is 1. The number of likely N-dealkylation sites (N-methyl/N-ethyl adjacent to an activating group) is 1. The summed E-state index contributed by atoms with van der Waals surface area (Å²) in [6.07, 6.45) is 5.68. The van der Waals surface area contributed by atoms with Gasteiger partial charge in [0.2, 0.25) is 10.0 Å². The third-order valence-electron chi connectivity index (χ3n) is 4.86. The number of ether oxygens (including phenoxy) is 1. The monoisotopic (exact) mass is 502 g/mol. The smallest absolute Gasteiger partial charge is 0.211 e. The van der Waals surface area contributed by atoms with Crippen molar-refractivity contribution in [3.8, 4) is 0 Å². The van der Waals surface area contributed by atoms with Crippen molar-refractivity contribution < 1.29 is 13.2 Å². The SMILES string of the molecule is CCNC(=NCC1CCN(S(C)(=O)=O)CC1)N(C)CCOCC1CC1.I. The van der Waals surface area contributed by atoms with E-state index in [1.165, 1.54) is 19.1 Å². The highest BCUT2D eigenvalue weighted by atomic mass is 127. The number of nitrogens with zero attached hydrogens (tertiary/aromatic N) is 3. The topological polar surface area (TPSA) is 74.2 Å². The molecule has 0 bridgehead atoms. The van der Waals surface area contributed by atoms with Crippen LogP contribution in [0.3, 0.4) is 0 Å². The van der Waals surface area contributed by atoms with Crippen LogP contribution in [0.2, 0.25) is 0 Å². The van der Waals surface area contributed by atoms with Gasteiger partial charge < -0.3 is 15.0 Å². The molecule has 9 heteroatoms. The van der Waals surface area contributed by atoms with Crippen molar-refractivity contribution in [3.05, 3.63) is 0 Å². The van der Waals surface area contributed by atoms with Gasteiger partial charge in [0, 0.05) is 46.4 Å². The Morgan fingerprint density at radius 3 is 2.42 bits per heavy atom. The van der Waals surface area contributed by atoms with Gasteiger partial charge in [-0.15, -0.1) is 24.0 Å². The molecule has 26 heavy (non-hydrogen) atoms. The average molecular weight is 502 g/mol. The molecule has 1 saturated carbocycles. The van der Waals surface area contributed by atoms with Crippen LogP contribution in [-0.2, 0) is 14.8 Å². The predicted octanol–water partition coefficient (Wildman–Crippen LogP) is 1.60. The van der Waals surface area contributed by atoms with Gasteiger partial charge in [-0.1, -0.05) is 0 Å². The minimum atomic E-state index is -3.05. The van der Waals surface area contributed by atoms with Crippen LogP contribution >= 0.6 is 24.0 Å². The molecule has 0 spiro atoms. The number of hydrogen-bond donors (Lipinski definition) is 1. The summed E-state index contributed by atoms with van der Waals surface area (Å²) in [5, 5.41) is 3.33. The molecule has 0 unspecified atom stereocenters. The average Bonchev–Trinajstić information content (AvgIpc) is 3.39. The highest BCUT2D eigenvalue weighted by Gasteiger charge is 2.25. The molecular weight excluding hydrogens is 467 g/mol. The first-order valence-electron chi connectivity index (χ1n) is 9.42. The normalized spacial score (nSPS) is 19.9. The van der Waals surface area contributed by atoms with Crippen LogP contribution in [0.5, 0.6) is 0 Å². The molecule has 2 fully saturated rings. The van der Waals surface area contributed by atoms with Crippen LogP contribution < -0.4 is 5.32 Å². The Kier molecular flexibility index (Phi) is 10.7. The van der Waals surface area contributed by atoms with E-state index in [0.717, 1.165) is 57.6 Å². The molecule has 0 amide bonds. The van der Waals surface area contributed by atoms with Crippen LogP contribution in [0.1, 0.15) is 32.6 Å². The number of aliphatic imine (C=N–C) groups is 1. The van der Waals surface area contributed by atoms with Crippen LogP contribution in [0.4, 0.5) is 0 Å². The van der Waals surface area contributed by atoms with Crippen molar-refractivity contribution in [2.24, 2.45) is 16.8 Å². The fourth-order valence-corrected chi connectivity index (χ4v) is 3.82. The zero-order valence-electron chi connectivity index (χ0n) is 16.3. The highest BCUT2D eigenvalue weighted by Crippen LogP contribution is 2.28. The quantitative estimate of drug-likeness (QED) is 0.225. The van der Waals surface area contributed by atoms with Crippen molar-refractivity contribution in [3.63, 3.8) is 0 Å². The van der Waals surface area contributed by atoms with E-state index >= 15 is 0 Å². The zero-order chi connectivity index (χ0) is 18.3. The van der Waals surface area contributed by atoms with Crippen LogP contribution in [0.15, 0.2) is 4.99 Å². The van der Waals surface area contributed by atoms with E-state index < -0.39 is 10.0 Å². The second kappa shape index (κ2) is 11.7. The highest BCUT2D eigenvalue weighted by molar-refractivity contribution is 14.0. The first kappa shape index (κ1) is 23.9. The summed E-state index contributed by atoms with van der Waals surface area (Å²) in [7, 11) is -1.02. The van der Waals surface area contributed by atoms with E-state index in [4.69, 9.17) is 9.73 Å². The van der Waals surface area contributed by atoms with Crippen molar-refractivity contribution in [1.29, 1.82) is 0 Å². The molecule has 7 nitrogen and oxygen atoms in total. The maximum atomic E-state index is 11.6. The van der Waals surface area contributed by atoms with Crippen molar-refractivity contribution in [1.82, 2.24) is 14.5 Å². The third kappa shape index (κ3) is 8.71. The molecule has 0 atom stereocenters. The lowest BCUT2D eigenvalue weighted by Gasteiger charge is -2.30. The molecule has 0 aromatic heterocycles. The van der Waals surface area contributed by atoms with Gasteiger partial charge in [-0.3, -0.25) is 4.99 Å². The van der Waals surface area contributed by atoms with E-state index in [1.54, 1.807) is 4.31 Å². The van der Waals surface area contributed by atoms with E-state index in [-0.39, 0.29) is 24.0 Å². The predicted molar refractivity (Wildman–Crippen MR) is 117 cm³/mol. The van der Waals surface area contributed by atoms with E-state index in [0.29, 0.717) is 19.0 Å². The molecule has 0 aromatic carbocycles. The van der Waals surface area contributed by atoms with Gasteiger partial charge in [0.25, 0.3) is 0 Å². The fourth-order valence-electron chi connectivity index (χ4n) is 2.95. The lowest BCUT2D eigenvalue weighted by atomic mass is 9.98. The molecule has 1 saturated heterocycles. The van der Waals surface area contributed by atoms with Gasteiger partial charge in [-0.2, -0.15) is 0 Å². The molecule has 1 aliphatic heterocycles. The molecule has 0 radical (unpaired) electrons. The van der Waals surface area contributed by atoms with Gasteiger partial charge in [0.15, 0.2) is 5.96 Å². The van der Waals surface area contributed by atoms with E-state index in [9.17, 15) is 8.42 Å². The molecule has 0 aromatic rings. The number of nitrogens with one attached hydrogen (secondary N) is 1. The van der Waals surface area contributed by atoms with Gasteiger partial charge in [0.05, 0.1) is 12.9 Å². The summed E-state index contributed by atoms with van der Waals surface area (Å²) >= 11 is 0. The third-order valence-corrected chi connectivity index (χ3v) is 6.16. The maximum Gasteiger partial charge on any atom is 0.211 e. The Morgan fingerprint density at radius 2 is 1.88 bits per heavy atom. The summed E-state index contributed by atoms with van der Waals surface area (Å²) in [6.45, 7) is 7.31. The number of rotatable bonds is 9. The maximum absolute atomic E-state index is 11.6. The second-order valence-electron chi connectivity index (χ2n) is 7.24. The van der Waals surface area contributed by atoms with E-state index in [1.807, 2.05) is 7.05 Å². The lowest BCUT2D eigenvalue weighted by molar-refractivity contribution is 0.115. The Bertz CT molecular complexity index is 532. The van der Waals surface area contributed by atoms with Gasteiger partial charge in [0.1, 0.15) is 0 Å². The lowest BCUT2D eigenvalue weighted by Crippen LogP contribution is -2.41. The number of sulfonamides is 1. The summed E-state index contributed by atoms with van der Waals surface area (Å²) in [5.41, 5.74) is 0. The largest absolute Gasteiger partial charge is 0.379 e. The van der Waals surface area contributed by atoms with Gasteiger partial charge in [-0.05, 0) is 44.4 Å². The van der Waals surface area contributed by atoms with Gasteiger partial charge >= 0.3 is 0 Å². The van der Waals surface area contributed by atoms with Crippen LogP contribution in [0.25, 0.3) is 0 Å². The number of halogens is 1. The fraction of sp³-hybridized carbons (Fsp3) is 0.941. The van der Waals surface area contributed by atoms with Crippen molar-refractivity contribution in [2.45, 2.75) is 32.6 Å². The Morgan fingerprint density at radius 1 is 1.23 bits per heavy atom. The molecule has 154 valence electrons. The molecule has 1 heterocycles.